The minimum Gasteiger partial charge on any atom is -0.390 e. The van der Waals surface area contributed by atoms with E-state index >= 15 is 0 Å². The molecule has 0 aromatic heterocycles. The standard InChI is InChI=1S/C22H28O2SSi/c1-26(2,3)16-10-15-22(25-20-13-8-5-9-14-20)21(23)18-24-17-19-11-6-4-7-12-19/h4-9,11-14,21-23H,15,17-18H2,1-3H3/t21-,22+/m0/s1. The fourth-order valence-electron chi connectivity index (χ4n) is 2.33. The highest BCUT2D eigenvalue weighted by Crippen LogP contribution is 2.27. The first-order valence-electron chi connectivity index (χ1n) is 8.95. The van der Waals surface area contributed by atoms with Gasteiger partial charge >= 0.3 is 0 Å². The van der Waals surface area contributed by atoms with E-state index in [2.05, 4.69) is 43.2 Å². The zero-order chi connectivity index (χ0) is 18.8. The van der Waals surface area contributed by atoms with Crippen molar-refractivity contribution in [2.75, 3.05) is 6.61 Å². The molecule has 0 fully saturated rings. The number of aliphatic hydroxyl groups excluding tert-OH is 1. The smallest absolute Gasteiger partial charge is 0.129 e. The van der Waals surface area contributed by atoms with Gasteiger partial charge in [-0.3, -0.25) is 0 Å². The van der Waals surface area contributed by atoms with Crippen molar-refractivity contribution in [1.82, 2.24) is 0 Å². The van der Waals surface area contributed by atoms with E-state index < -0.39 is 14.2 Å². The van der Waals surface area contributed by atoms with E-state index in [0.29, 0.717) is 19.6 Å². The third-order valence-electron chi connectivity index (χ3n) is 3.63. The summed E-state index contributed by atoms with van der Waals surface area (Å²) in [7, 11) is -1.40. The van der Waals surface area contributed by atoms with Crippen LogP contribution in [-0.4, -0.2) is 31.1 Å². The molecule has 0 aliphatic carbocycles. The number of thioether (sulfide) groups is 1. The van der Waals surface area contributed by atoms with Crippen molar-refractivity contribution in [2.45, 2.75) is 48.9 Å². The molecule has 2 aromatic carbocycles. The maximum Gasteiger partial charge on any atom is 0.129 e. The minimum absolute atomic E-state index is 0.00276. The van der Waals surface area contributed by atoms with Crippen LogP contribution in [0.25, 0.3) is 0 Å². The van der Waals surface area contributed by atoms with Gasteiger partial charge in [-0.1, -0.05) is 68.2 Å². The van der Waals surface area contributed by atoms with Crippen molar-refractivity contribution in [3.8, 4) is 11.5 Å². The topological polar surface area (TPSA) is 29.5 Å². The fourth-order valence-corrected chi connectivity index (χ4v) is 4.02. The highest BCUT2D eigenvalue weighted by atomic mass is 32.2. The first-order valence-corrected chi connectivity index (χ1v) is 13.3. The molecule has 0 unspecified atom stereocenters. The van der Waals surface area contributed by atoms with Gasteiger partial charge in [-0.25, -0.2) is 0 Å². The van der Waals surface area contributed by atoms with Gasteiger partial charge in [-0.2, -0.15) is 0 Å². The van der Waals surface area contributed by atoms with Crippen LogP contribution >= 0.6 is 11.8 Å². The predicted molar refractivity (Wildman–Crippen MR) is 114 cm³/mol. The number of rotatable bonds is 8. The molecule has 26 heavy (non-hydrogen) atoms. The summed E-state index contributed by atoms with van der Waals surface area (Å²) in [6.07, 6.45) is 0.111. The zero-order valence-electron chi connectivity index (χ0n) is 15.8. The van der Waals surface area contributed by atoms with Gasteiger partial charge in [0.2, 0.25) is 0 Å². The molecule has 0 radical (unpaired) electrons. The van der Waals surface area contributed by atoms with Crippen molar-refractivity contribution >= 4 is 19.8 Å². The van der Waals surface area contributed by atoms with Gasteiger partial charge in [0.1, 0.15) is 8.07 Å². The van der Waals surface area contributed by atoms with Crippen LogP contribution in [0.4, 0.5) is 0 Å². The third kappa shape index (κ3) is 8.24. The summed E-state index contributed by atoms with van der Waals surface area (Å²) in [5, 5.41) is 10.7. The normalized spacial score (nSPS) is 13.5. The van der Waals surface area contributed by atoms with Crippen molar-refractivity contribution in [3.05, 3.63) is 66.2 Å². The van der Waals surface area contributed by atoms with E-state index in [-0.39, 0.29) is 5.25 Å². The van der Waals surface area contributed by atoms with Crippen LogP contribution < -0.4 is 0 Å². The molecule has 0 heterocycles. The zero-order valence-corrected chi connectivity index (χ0v) is 17.6. The van der Waals surface area contributed by atoms with E-state index in [1.54, 1.807) is 11.8 Å². The van der Waals surface area contributed by atoms with Crippen molar-refractivity contribution < 1.29 is 9.84 Å². The molecule has 0 spiro atoms. The molecule has 0 amide bonds. The Balaban J connectivity index is 1.95. The van der Waals surface area contributed by atoms with E-state index in [9.17, 15) is 5.11 Å². The summed E-state index contributed by atoms with van der Waals surface area (Å²) >= 11 is 1.68. The second kappa shape index (κ2) is 10.6. The summed E-state index contributed by atoms with van der Waals surface area (Å²) < 4.78 is 5.74. The van der Waals surface area contributed by atoms with Crippen LogP contribution in [0.2, 0.25) is 19.6 Å². The Morgan fingerprint density at radius 2 is 1.62 bits per heavy atom. The summed E-state index contributed by atoms with van der Waals surface area (Å²) in [6, 6.07) is 20.2. The molecule has 4 heteroatoms. The molecule has 2 rings (SSSR count). The van der Waals surface area contributed by atoms with Crippen molar-refractivity contribution in [2.24, 2.45) is 0 Å². The monoisotopic (exact) mass is 384 g/mol. The Morgan fingerprint density at radius 1 is 1.00 bits per heavy atom. The number of hydrogen-bond acceptors (Lipinski definition) is 3. The average molecular weight is 385 g/mol. The second-order valence-corrected chi connectivity index (χ2v) is 13.4. The molecular weight excluding hydrogens is 356 g/mol. The number of hydrogen-bond donors (Lipinski definition) is 1. The van der Waals surface area contributed by atoms with Crippen LogP contribution in [-0.2, 0) is 11.3 Å². The van der Waals surface area contributed by atoms with Gasteiger partial charge < -0.3 is 9.84 Å². The molecule has 0 bridgehead atoms. The lowest BCUT2D eigenvalue weighted by Crippen LogP contribution is -2.28. The second-order valence-electron chi connectivity index (χ2n) is 7.29. The molecule has 0 aliphatic heterocycles. The third-order valence-corrected chi connectivity index (χ3v) is 5.88. The fraction of sp³-hybridized carbons (Fsp3) is 0.364. The van der Waals surface area contributed by atoms with Crippen LogP contribution in [0, 0.1) is 11.5 Å². The Morgan fingerprint density at radius 3 is 2.23 bits per heavy atom. The van der Waals surface area contributed by atoms with Crippen molar-refractivity contribution in [3.63, 3.8) is 0 Å². The number of aliphatic hydroxyl groups is 1. The van der Waals surface area contributed by atoms with Gasteiger partial charge in [-0.05, 0) is 17.7 Å². The van der Waals surface area contributed by atoms with Crippen LogP contribution in [0.3, 0.4) is 0 Å². The molecule has 0 aliphatic rings. The summed E-state index contributed by atoms with van der Waals surface area (Å²) in [5.41, 5.74) is 4.51. The van der Waals surface area contributed by atoms with Gasteiger partial charge in [0.15, 0.2) is 0 Å². The number of ether oxygens (including phenoxy) is 1. The Labute approximate surface area is 163 Å². The molecule has 0 saturated carbocycles. The molecule has 1 N–H and O–H groups in total. The van der Waals surface area contributed by atoms with Crippen LogP contribution in [0.15, 0.2) is 65.6 Å². The lowest BCUT2D eigenvalue weighted by Gasteiger charge is -2.21. The van der Waals surface area contributed by atoms with Gasteiger partial charge in [-0.15, -0.1) is 23.2 Å². The van der Waals surface area contributed by atoms with Gasteiger partial charge in [0, 0.05) is 16.6 Å². The predicted octanol–water partition coefficient (Wildman–Crippen LogP) is 5.00. The molecule has 2 aromatic rings. The van der Waals surface area contributed by atoms with Crippen LogP contribution in [0.1, 0.15) is 12.0 Å². The van der Waals surface area contributed by atoms with Gasteiger partial charge in [0.05, 0.1) is 19.3 Å². The molecule has 138 valence electrons. The summed E-state index contributed by atoms with van der Waals surface area (Å²) in [6.45, 7) is 7.53. The maximum absolute atomic E-state index is 10.7. The Bertz CT molecular complexity index is 702. The first kappa shape index (κ1) is 20.8. The first-order chi connectivity index (χ1) is 12.4. The summed E-state index contributed by atoms with van der Waals surface area (Å²) in [4.78, 5) is 1.15. The Hall–Kier alpha value is -1.51. The minimum atomic E-state index is -1.40. The molecule has 2 nitrogen and oxygen atoms in total. The highest BCUT2D eigenvalue weighted by Gasteiger charge is 2.20. The molecular formula is C22H28O2SSi. The van der Waals surface area contributed by atoms with Crippen molar-refractivity contribution in [1.29, 1.82) is 0 Å². The quantitative estimate of drug-likeness (QED) is 0.395. The van der Waals surface area contributed by atoms with E-state index in [0.717, 1.165) is 10.5 Å². The Kier molecular flexibility index (Phi) is 8.47. The largest absolute Gasteiger partial charge is 0.390 e. The lowest BCUT2D eigenvalue weighted by atomic mass is 10.2. The average Bonchev–Trinajstić information content (AvgIpc) is 2.61. The lowest BCUT2D eigenvalue weighted by molar-refractivity contribution is 0.0282. The number of benzene rings is 2. The molecule has 0 saturated heterocycles. The highest BCUT2D eigenvalue weighted by molar-refractivity contribution is 8.00. The molecule has 2 atom stereocenters. The van der Waals surface area contributed by atoms with E-state index in [4.69, 9.17) is 4.74 Å². The summed E-state index contributed by atoms with van der Waals surface area (Å²) in [5.74, 6) is 3.31. The van der Waals surface area contributed by atoms with E-state index in [1.165, 1.54) is 0 Å². The SMILES string of the molecule is C[Si](C)(C)C#CC[C@@H](Sc1ccccc1)[C@@H](O)COCc1ccccc1. The van der Waals surface area contributed by atoms with Crippen LogP contribution in [0.5, 0.6) is 0 Å². The maximum atomic E-state index is 10.7. The van der Waals surface area contributed by atoms with E-state index in [1.807, 2.05) is 48.5 Å². The van der Waals surface area contributed by atoms with Gasteiger partial charge in [0.25, 0.3) is 0 Å².